The molecule has 1 aromatic heterocycles. The zero-order valence-corrected chi connectivity index (χ0v) is 13.7. The van der Waals surface area contributed by atoms with Crippen molar-refractivity contribution in [3.63, 3.8) is 0 Å². The summed E-state index contributed by atoms with van der Waals surface area (Å²) in [6.45, 7) is 0.530. The average Bonchev–Trinajstić information content (AvgIpc) is 2.57. The van der Waals surface area contributed by atoms with Crippen LogP contribution in [0.3, 0.4) is 0 Å². The molecule has 0 aliphatic heterocycles. The Balaban J connectivity index is 1.65. The third-order valence-electron chi connectivity index (χ3n) is 3.14. The van der Waals surface area contributed by atoms with Crippen molar-refractivity contribution < 1.29 is 4.39 Å². The van der Waals surface area contributed by atoms with E-state index in [1.165, 1.54) is 12.1 Å². The molecule has 2 aromatic carbocycles. The summed E-state index contributed by atoms with van der Waals surface area (Å²) in [6, 6.07) is 15.9. The predicted octanol–water partition coefficient (Wildman–Crippen LogP) is 4.73. The lowest BCUT2D eigenvalue weighted by atomic mass is 10.2. The highest BCUT2D eigenvalue weighted by molar-refractivity contribution is 9.10. The molecule has 0 amide bonds. The van der Waals surface area contributed by atoms with E-state index < -0.39 is 0 Å². The summed E-state index contributed by atoms with van der Waals surface area (Å²) < 4.78 is 13.9. The molecule has 0 saturated heterocycles. The topological polar surface area (TPSA) is 49.8 Å². The Labute approximate surface area is 141 Å². The summed E-state index contributed by atoms with van der Waals surface area (Å²) in [6.07, 6.45) is 1.68. The van der Waals surface area contributed by atoms with Crippen molar-refractivity contribution in [3.05, 3.63) is 76.6 Å². The Kier molecular flexibility index (Phi) is 4.83. The SMILES string of the molecule is Fc1ccc(CNc2nccc(Nc3ccc(Br)cc3)n2)cc1. The number of rotatable bonds is 5. The Hall–Kier alpha value is -2.47. The quantitative estimate of drug-likeness (QED) is 0.679. The molecule has 3 aromatic rings. The maximum absolute atomic E-state index is 12.9. The number of benzene rings is 2. The number of hydrogen-bond donors (Lipinski definition) is 2. The van der Waals surface area contributed by atoms with Gasteiger partial charge in [0.25, 0.3) is 0 Å². The monoisotopic (exact) mass is 372 g/mol. The average molecular weight is 373 g/mol. The second-order valence-electron chi connectivity index (χ2n) is 4.88. The summed E-state index contributed by atoms with van der Waals surface area (Å²) in [5.74, 6) is 0.964. The number of aromatic nitrogens is 2. The first-order valence-corrected chi connectivity index (χ1v) is 7.82. The van der Waals surface area contributed by atoms with Gasteiger partial charge in [-0.15, -0.1) is 0 Å². The fourth-order valence-corrected chi connectivity index (χ4v) is 2.24. The maximum atomic E-state index is 12.9. The minimum absolute atomic E-state index is 0.245. The van der Waals surface area contributed by atoms with Crippen LogP contribution in [0.4, 0.5) is 21.8 Å². The molecule has 1 heterocycles. The van der Waals surface area contributed by atoms with Crippen molar-refractivity contribution in [3.8, 4) is 0 Å². The Morgan fingerprint density at radius 3 is 2.43 bits per heavy atom. The molecule has 0 saturated carbocycles. The van der Waals surface area contributed by atoms with Crippen molar-refractivity contribution in [2.75, 3.05) is 10.6 Å². The van der Waals surface area contributed by atoms with Crippen LogP contribution in [0.2, 0.25) is 0 Å². The second-order valence-corrected chi connectivity index (χ2v) is 5.79. The Morgan fingerprint density at radius 2 is 1.70 bits per heavy atom. The zero-order chi connectivity index (χ0) is 16.1. The van der Waals surface area contributed by atoms with Gasteiger partial charge in [0, 0.05) is 22.9 Å². The van der Waals surface area contributed by atoms with Crippen LogP contribution in [0.15, 0.2) is 65.3 Å². The lowest BCUT2D eigenvalue weighted by Crippen LogP contribution is -2.05. The molecule has 0 atom stereocenters. The summed E-state index contributed by atoms with van der Waals surface area (Å²) in [4.78, 5) is 8.59. The van der Waals surface area contributed by atoms with E-state index in [-0.39, 0.29) is 5.82 Å². The molecular formula is C17H14BrFN4. The first-order chi connectivity index (χ1) is 11.2. The molecule has 23 heavy (non-hydrogen) atoms. The van der Waals surface area contributed by atoms with Gasteiger partial charge in [-0.1, -0.05) is 28.1 Å². The van der Waals surface area contributed by atoms with Gasteiger partial charge in [0.2, 0.25) is 5.95 Å². The first kappa shape index (κ1) is 15.4. The van der Waals surface area contributed by atoms with E-state index in [2.05, 4.69) is 36.5 Å². The van der Waals surface area contributed by atoms with E-state index >= 15 is 0 Å². The molecule has 2 N–H and O–H groups in total. The van der Waals surface area contributed by atoms with Crippen molar-refractivity contribution in [2.24, 2.45) is 0 Å². The van der Waals surface area contributed by atoms with Crippen LogP contribution in [0.25, 0.3) is 0 Å². The van der Waals surface area contributed by atoms with Gasteiger partial charge in [-0.2, -0.15) is 4.98 Å². The van der Waals surface area contributed by atoms with Gasteiger partial charge in [0.1, 0.15) is 11.6 Å². The van der Waals surface area contributed by atoms with Crippen LogP contribution in [-0.4, -0.2) is 9.97 Å². The van der Waals surface area contributed by atoms with Crippen LogP contribution in [0.5, 0.6) is 0 Å². The molecule has 0 bridgehead atoms. The number of hydrogen-bond acceptors (Lipinski definition) is 4. The fraction of sp³-hybridized carbons (Fsp3) is 0.0588. The van der Waals surface area contributed by atoms with Gasteiger partial charge in [-0.25, -0.2) is 9.37 Å². The molecule has 0 aliphatic rings. The predicted molar refractivity (Wildman–Crippen MR) is 93.2 cm³/mol. The molecule has 0 radical (unpaired) electrons. The zero-order valence-electron chi connectivity index (χ0n) is 12.1. The van der Waals surface area contributed by atoms with E-state index in [1.54, 1.807) is 24.4 Å². The summed E-state index contributed by atoms with van der Waals surface area (Å²) in [5, 5.41) is 6.34. The summed E-state index contributed by atoms with van der Waals surface area (Å²) in [7, 11) is 0. The molecule has 4 nitrogen and oxygen atoms in total. The largest absolute Gasteiger partial charge is 0.350 e. The number of nitrogens with one attached hydrogen (secondary N) is 2. The number of halogens is 2. The van der Waals surface area contributed by atoms with Crippen molar-refractivity contribution in [1.82, 2.24) is 9.97 Å². The molecule has 3 rings (SSSR count). The lowest BCUT2D eigenvalue weighted by Gasteiger charge is -2.08. The summed E-state index contributed by atoms with van der Waals surface area (Å²) in [5.41, 5.74) is 1.90. The van der Waals surface area contributed by atoms with E-state index in [1.807, 2.05) is 24.3 Å². The van der Waals surface area contributed by atoms with Gasteiger partial charge in [0.15, 0.2) is 0 Å². The normalized spacial score (nSPS) is 10.3. The van der Waals surface area contributed by atoms with Crippen LogP contribution in [0.1, 0.15) is 5.56 Å². The minimum Gasteiger partial charge on any atom is -0.350 e. The smallest absolute Gasteiger partial charge is 0.224 e. The maximum Gasteiger partial charge on any atom is 0.224 e. The number of nitrogens with zero attached hydrogens (tertiary/aromatic N) is 2. The summed E-state index contributed by atoms with van der Waals surface area (Å²) >= 11 is 3.40. The van der Waals surface area contributed by atoms with Crippen molar-refractivity contribution >= 4 is 33.4 Å². The fourth-order valence-electron chi connectivity index (χ4n) is 1.98. The van der Waals surface area contributed by atoms with Gasteiger partial charge in [-0.3, -0.25) is 0 Å². The van der Waals surface area contributed by atoms with E-state index in [4.69, 9.17) is 0 Å². The standard InChI is InChI=1S/C17H14BrFN4/c18-13-3-7-15(8-4-13)22-16-9-10-20-17(23-16)21-11-12-1-5-14(19)6-2-12/h1-10H,11H2,(H2,20,21,22,23). The highest BCUT2D eigenvalue weighted by atomic mass is 79.9. The molecule has 0 fully saturated rings. The molecular weight excluding hydrogens is 359 g/mol. The third kappa shape index (κ3) is 4.50. The molecule has 6 heteroatoms. The van der Waals surface area contributed by atoms with Gasteiger partial charge < -0.3 is 10.6 Å². The van der Waals surface area contributed by atoms with Gasteiger partial charge >= 0.3 is 0 Å². The molecule has 0 unspecified atom stereocenters. The van der Waals surface area contributed by atoms with E-state index in [9.17, 15) is 4.39 Å². The minimum atomic E-state index is -0.245. The van der Waals surface area contributed by atoms with Crippen molar-refractivity contribution in [1.29, 1.82) is 0 Å². The molecule has 116 valence electrons. The Bertz CT molecular complexity index is 775. The van der Waals surface area contributed by atoms with Gasteiger partial charge in [0.05, 0.1) is 0 Å². The van der Waals surface area contributed by atoms with Crippen molar-refractivity contribution in [2.45, 2.75) is 6.54 Å². The van der Waals surface area contributed by atoms with Crippen LogP contribution in [0, 0.1) is 5.82 Å². The van der Waals surface area contributed by atoms with E-state index in [0.717, 1.165) is 15.7 Å². The molecule has 0 spiro atoms. The van der Waals surface area contributed by atoms with Crippen LogP contribution >= 0.6 is 15.9 Å². The Morgan fingerprint density at radius 1 is 0.957 bits per heavy atom. The van der Waals surface area contributed by atoms with E-state index in [0.29, 0.717) is 18.3 Å². The number of anilines is 3. The first-order valence-electron chi connectivity index (χ1n) is 7.03. The van der Waals surface area contributed by atoms with Gasteiger partial charge in [-0.05, 0) is 48.0 Å². The highest BCUT2D eigenvalue weighted by Gasteiger charge is 2.01. The van der Waals surface area contributed by atoms with Crippen LogP contribution < -0.4 is 10.6 Å². The third-order valence-corrected chi connectivity index (χ3v) is 3.66. The van der Waals surface area contributed by atoms with Crippen LogP contribution in [-0.2, 0) is 6.54 Å². The lowest BCUT2D eigenvalue weighted by molar-refractivity contribution is 0.627. The molecule has 0 aliphatic carbocycles. The highest BCUT2D eigenvalue weighted by Crippen LogP contribution is 2.18. The second kappa shape index (κ2) is 7.19.